The Balaban J connectivity index is 1.37. The first kappa shape index (κ1) is 19.1. The summed E-state index contributed by atoms with van der Waals surface area (Å²) in [6, 6.07) is 10.0. The average molecular weight is 390 g/mol. The predicted molar refractivity (Wildman–Crippen MR) is 113 cm³/mol. The fraction of sp³-hybridized carbons (Fsp3) is 0.364. The summed E-state index contributed by atoms with van der Waals surface area (Å²) >= 11 is 0. The Kier molecular flexibility index (Phi) is 5.05. The summed E-state index contributed by atoms with van der Waals surface area (Å²) in [5, 5.41) is 7.53. The van der Waals surface area contributed by atoms with Crippen molar-refractivity contribution in [2.45, 2.75) is 47.1 Å². The van der Waals surface area contributed by atoms with Crippen molar-refractivity contribution < 1.29 is 4.79 Å². The third kappa shape index (κ3) is 3.72. The van der Waals surface area contributed by atoms with E-state index in [0.717, 1.165) is 45.2 Å². The van der Waals surface area contributed by atoms with E-state index in [0.29, 0.717) is 25.9 Å². The number of benzene rings is 1. The Morgan fingerprint density at radius 1 is 1.10 bits per heavy atom. The van der Waals surface area contributed by atoms with Gasteiger partial charge in [0, 0.05) is 37.0 Å². The maximum Gasteiger partial charge on any atom is 0.220 e. The molecular formula is C22H26N6O. The van der Waals surface area contributed by atoms with Crippen LogP contribution in [0.4, 0.5) is 0 Å². The zero-order valence-electron chi connectivity index (χ0n) is 17.4. The van der Waals surface area contributed by atoms with Gasteiger partial charge in [-0.05, 0) is 51.8 Å². The Bertz CT molecular complexity index is 1200. The lowest BCUT2D eigenvalue weighted by molar-refractivity contribution is -0.121. The molecule has 0 fully saturated rings. The van der Waals surface area contributed by atoms with Crippen LogP contribution in [0, 0.1) is 27.7 Å². The van der Waals surface area contributed by atoms with Gasteiger partial charge >= 0.3 is 0 Å². The topological polar surface area (TPSA) is 77.1 Å². The molecule has 0 aliphatic rings. The van der Waals surface area contributed by atoms with E-state index in [9.17, 15) is 4.79 Å². The van der Waals surface area contributed by atoms with Gasteiger partial charge in [0.05, 0.1) is 16.7 Å². The molecule has 3 heterocycles. The molecular weight excluding hydrogens is 364 g/mol. The van der Waals surface area contributed by atoms with Crippen molar-refractivity contribution in [3.05, 3.63) is 58.8 Å². The number of amides is 1. The number of hydrogen-bond acceptors (Lipinski definition) is 4. The molecule has 0 bridgehead atoms. The van der Waals surface area contributed by atoms with Crippen molar-refractivity contribution in [1.82, 2.24) is 29.5 Å². The maximum atomic E-state index is 12.4. The van der Waals surface area contributed by atoms with Crippen LogP contribution < -0.4 is 5.32 Å². The van der Waals surface area contributed by atoms with Crippen LogP contribution in [0.3, 0.4) is 0 Å². The van der Waals surface area contributed by atoms with Crippen LogP contribution in [0.25, 0.3) is 16.7 Å². The van der Waals surface area contributed by atoms with Crippen LogP contribution in [0.2, 0.25) is 0 Å². The summed E-state index contributed by atoms with van der Waals surface area (Å²) in [6.45, 7) is 9.27. The van der Waals surface area contributed by atoms with E-state index < -0.39 is 0 Å². The van der Waals surface area contributed by atoms with Gasteiger partial charge in [-0.3, -0.25) is 4.79 Å². The standard InChI is InChI=1S/C22H26N6O/c1-14-13-21-24-15(2)18(16(3)28(21)26-14)9-10-22(29)23-11-12-27-17(4)25-19-7-5-6-8-20(19)27/h5-8,13H,9-12H2,1-4H3,(H,23,29). The zero-order valence-corrected chi connectivity index (χ0v) is 17.4. The number of nitrogens with one attached hydrogen (secondary N) is 1. The van der Waals surface area contributed by atoms with Gasteiger partial charge in [0.15, 0.2) is 5.65 Å². The molecule has 3 aromatic heterocycles. The monoisotopic (exact) mass is 390 g/mol. The zero-order chi connectivity index (χ0) is 20.5. The smallest absolute Gasteiger partial charge is 0.220 e. The second kappa shape index (κ2) is 7.66. The SMILES string of the molecule is Cc1cc2nc(C)c(CCC(=O)NCCn3c(C)nc4ccccc43)c(C)n2n1. The quantitative estimate of drug-likeness (QED) is 0.549. The maximum absolute atomic E-state index is 12.4. The van der Waals surface area contributed by atoms with Gasteiger partial charge in [-0.2, -0.15) is 5.10 Å². The van der Waals surface area contributed by atoms with Crippen molar-refractivity contribution in [3.8, 4) is 0 Å². The minimum Gasteiger partial charge on any atom is -0.354 e. The second-order valence-electron chi connectivity index (χ2n) is 7.47. The van der Waals surface area contributed by atoms with Crippen molar-refractivity contribution in [3.63, 3.8) is 0 Å². The van der Waals surface area contributed by atoms with E-state index in [2.05, 4.69) is 31.0 Å². The molecule has 0 aliphatic heterocycles. The van der Waals surface area contributed by atoms with E-state index in [1.807, 2.05) is 56.5 Å². The molecule has 0 atom stereocenters. The molecule has 0 saturated heterocycles. The van der Waals surface area contributed by atoms with Crippen molar-refractivity contribution >= 4 is 22.6 Å². The fourth-order valence-corrected chi connectivity index (χ4v) is 3.92. The summed E-state index contributed by atoms with van der Waals surface area (Å²) in [7, 11) is 0. The number of carbonyl (C=O) groups excluding carboxylic acids is 1. The van der Waals surface area contributed by atoms with E-state index in [1.165, 1.54) is 0 Å². The van der Waals surface area contributed by atoms with Gasteiger partial charge in [0.1, 0.15) is 5.82 Å². The molecule has 7 nitrogen and oxygen atoms in total. The minimum atomic E-state index is 0.0441. The third-order valence-corrected chi connectivity index (χ3v) is 5.39. The molecule has 0 saturated carbocycles. The van der Waals surface area contributed by atoms with Crippen LogP contribution >= 0.6 is 0 Å². The van der Waals surface area contributed by atoms with Gasteiger partial charge in [0.2, 0.25) is 5.91 Å². The number of hydrogen-bond donors (Lipinski definition) is 1. The Morgan fingerprint density at radius 2 is 1.90 bits per heavy atom. The van der Waals surface area contributed by atoms with Crippen molar-refractivity contribution in [2.24, 2.45) is 0 Å². The molecule has 1 amide bonds. The molecule has 0 spiro atoms. The van der Waals surface area contributed by atoms with E-state index in [4.69, 9.17) is 0 Å². The summed E-state index contributed by atoms with van der Waals surface area (Å²) in [6.07, 6.45) is 1.08. The van der Waals surface area contributed by atoms with Gasteiger partial charge in [-0.25, -0.2) is 14.5 Å². The average Bonchev–Trinajstić information content (AvgIpc) is 3.21. The van der Waals surface area contributed by atoms with E-state index in [1.54, 1.807) is 0 Å². The molecule has 0 aliphatic carbocycles. The molecule has 4 rings (SSSR count). The first-order valence-electron chi connectivity index (χ1n) is 9.95. The Labute approximate surface area is 169 Å². The molecule has 1 N–H and O–H groups in total. The van der Waals surface area contributed by atoms with Gasteiger partial charge in [-0.1, -0.05) is 12.1 Å². The number of carbonyl (C=O) groups is 1. The number of fused-ring (bicyclic) bond motifs is 2. The summed E-state index contributed by atoms with van der Waals surface area (Å²) in [4.78, 5) is 21.6. The lowest BCUT2D eigenvalue weighted by Gasteiger charge is -2.12. The van der Waals surface area contributed by atoms with Crippen LogP contribution in [-0.4, -0.2) is 36.6 Å². The highest BCUT2D eigenvalue weighted by atomic mass is 16.1. The first-order chi connectivity index (χ1) is 13.9. The number of aromatic nitrogens is 5. The van der Waals surface area contributed by atoms with Crippen LogP contribution in [0.1, 0.15) is 34.9 Å². The molecule has 0 radical (unpaired) electrons. The highest BCUT2D eigenvalue weighted by molar-refractivity contribution is 5.77. The predicted octanol–water partition coefficient (Wildman–Crippen LogP) is 3.06. The molecule has 4 aromatic rings. The van der Waals surface area contributed by atoms with E-state index >= 15 is 0 Å². The minimum absolute atomic E-state index is 0.0441. The first-order valence-corrected chi connectivity index (χ1v) is 9.95. The largest absolute Gasteiger partial charge is 0.354 e. The molecule has 1 aromatic carbocycles. The summed E-state index contributed by atoms with van der Waals surface area (Å²) in [5.74, 6) is 1.00. The van der Waals surface area contributed by atoms with Crippen LogP contribution in [0.5, 0.6) is 0 Å². The highest BCUT2D eigenvalue weighted by Gasteiger charge is 2.13. The van der Waals surface area contributed by atoms with Crippen molar-refractivity contribution in [2.75, 3.05) is 6.54 Å². The Morgan fingerprint density at radius 3 is 2.72 bits per heavy atom. The number of imidazole rings is 1. The molecule has 29 heavy (non-hydrogen) atoms. The van der Waals surface area contributed by atoms with Crippen LogP contribution in [0.15, 0.2) is 30.3 Å². The second-order valence-corrected chi connectivity index (χ2v) is 7.47. The van der Waals surface area contributed by atoms with E-state index in [-0.39, 0.29) is 5.91 Å². The summed E-state index contributed by atoms with van der Waals surface area (Å²) in [5.41, 5.74) is 6.98. The number of para-hydroxylation sites is 2. The lowest BCUT2D eigenvalue weighted by atomic mass is 10.1. The van der Waals surface area contributed by atoms with Crippen molar-refractivity contribution in [1.29, 1.82) is 0 Å². The molecule has 7 heteroatoms. The number of aryl methyl sites for hydroxylation is 4. The third-order valence-electron chi connectivity index (χ3n) is 5.39. The number of rotatable bonds is 6. The molecule has 150 valence electrons. The van der Waals surface area contributed by atoms with Gasteiger partial charge in [0.25, 0.3) is 0 Å². The van der Waals surface area contributed by atoms with Gasteiger partial charge in [-0.15, -0.1) is 0 Å². The highest BCUT2D eigenvalue weighted by Crippen LogP contribution is 2.17. The Hall–Kier alpha value is -3.22. The normalized spacial score (nSPS) is 11.4. The number of nitrogens with zero attached hydrogens (tertiary/aromatic N) is 5. The summed E-state index contributed by atoms with van der Waals surface area (Å²) < 4.78 is 4.00. The van der Waals surface area contributed by atoms with Gasteiger partial charge < -0.3 is 9.88 Å². The molecule has 0 unspecified atom stereocenters. The fourth-order valence-electron chi connectivity index (χ4n) is 3.92. The lowest BCUT2D eigenvalue weighted by Crippen LogP contribution is -2.27. The van der Waals surface area contributed by atoms with Crippen LogP contribution in [-0.2, 0) is 17.8 Å².